The molecule has 0 unspecified atom stereocenters. The number of sulfonamides is 1. The Bertz CT molecular complexity index is 544. The maximum absolute atomic E-state index is 13.6. The Hall–Kier alpha value is -1.21. The maximum atomic E-state index is 13.6. The van der Waals surface area contributed by atoms with E-state index < -0.39 is 15.8 Å². The number of nitrogens with one attached hydrogen (secondary N) is 1. The second-order valence-corrected chi connectivity index (χ2v) is 6.12. The topological polar surface area (TPSA) is 72.2 Å². The number of unbranched alkanes of at least 4 members (excludes halogenated alkanes) is 1. The van der Waals surface area contributed by atoms with Gasteiger partial charge in [-0.25, -0.2) is 12.8 Å². The monoisotopic (exact) mass is 290 g/mol. The van der Waals surface area contributed by atoms with Crippen LogP contribution in [-0.2, 0) is 10.0 Å². The van der Waals surface area contributed by atoms with Crippen LogP contribution in [0.5, 0.6) is 0 Å². The second kappa shape index (κ2) is 6.10. The summed E-state index contributed by atoms with van der Waals surface area (Å²) in [5.41, 5.74) is 5.62. The standard InChI is InChI=1S/C11H15FN2O2S2/c1-2-3-6-18(15,16)14-10-5-4-8(11(13)17)7-9(10)12/h4-5,7,14H,2-3,6H2,1H3,(H2,13,17). The summed E-state index contributed by atoms with van der Waals surface area (Å²) in [5, 5.41) is 0. The molecule has 0 aliphatic carbocycles. The summed E-state index contributed by atoms with van der Waals surface area (Å²) < 4.78 is 39.0. The first-order chi connectivity index (χ1) is 8.35. The molecule has 4 nitrogen and oxygen atoms in total. The highest BCUT2D eigenvalue weighted by molar-refractivity contribution is 7.92. The van der Waals surface area contributed by atoms with Crippen LogP contribution in [0.1, 0.15) is 25.3 Å². The van der Waals surface area contributed by atoms with Crippen LogP contribution < -0.4 is 10.5 Å². The summed E-state index contributed by atoms with van der Waals surface area (Å²) in [5.74, 6) is -0.722. The first kappa shape index (κ1) is 14.8. The number of anilines is 1. The number of hydrogen-bond acceptors (Lipinski definition) is 3. The van der Waals surface area contributed by atoms with E-state index in [0.29, 0.717) is 12.0 Å². The van der Waals surface area contributed by atoms with E-state index in [0.717, 1.165) is 12.5 Å². The predicted octanol–water partition coefficient (Wildman–Crippen LogP) is 2.00. The van der Waals surface area contributed by atoms with Crippen molar-refractivity contribution < 1.29 is 12.8 Å². The van der Waals surface area contributed by atoms with Crippen LogP contribution in [0.25, 0.3) is 0 Å². The zero-order valence-electron chi connectivity index (χ0n) is 9.94. The van der Waals surface area contributed by atoms with Gasteiger partial charge in [0.05, 0.1) is 11.4 Å². The fourth-order valence-corrected chi connectivity index (χ4v) is 2.70. The zero-order chi connectivity index (χ0) is 13.8. The molecule has 0 aromatic heterocycles. The fraction of sp³-hybridized carbons (Fsp3) is 0.364. The van der Waals surface area contributed by atoms with Crippen molar-refractivity contribution in [2.45, 2.75) is 19.8 Å². The summed E-state index contributed by atoms with van der Waals surface area (Å²) >= 11 is 4.70. The number of hydrogen-bond donors (Lipinski definition) is 2. The van der Waals surface area contributed by atoms with Gasteiger partial charge in [0, 0.05) is 5.56 Å². The minimum atomic E-state index is -3.51. The highest BCUT2D eigenvalue weighted by Crippen LogP contribution is 2.17. The van der Waals surface area contributed by atoms with E-state index in [1.165, 1.54) is 12.1 Å². The second-order valence-electron chi connectivity index (χ2n) is 3.83. The van der Waals surface area contributed by atoms with Gasteiger partial charge in [0.1, 0.15) is 10.8 Å². The largest absolute Gasteiger partial charge is 0.389 e. The van der Waals surface area contributed by atoms with Gasteiger partial charge in [0.25, 0.3) is 0 Å². The molecule has 7 heteroatoms. The summed E-state index contributed by atoms with van der Waals surface area (Å²) in [6.07, 6.45) is 1.28. The molecule has 1 rings (SSSR count). The van der Waals surface area contributed by atoms with Gasteiger partial charge >= 0.3 is 0 Å². The quantitative estimate of drug-likeness (QED) is 0.786. The molecular weight excluding hydrogens is 275 g/mol. The van der Waals surface area contributed by atoms with Gasteiger partial charge in [-0.05, 0) is 24.6 Å². The average Bonchev–Trinajstić information content (AvgIpc) is 2.29. The molecule has 0 aliphatic heterocycles. The van der Waals surface area contributed by atoms with E-state index in [2.05, 4.69) is 4.72 Å². The Kier molecular flexibility index (Phi) is 5.03. The molecule has 0 fully saturated rings. The molecular formula is C11H15FN2O2S2. The zero-order valence-corrected chi connectivity index (χ0v) is 11.6. The summed E-state index contributed by atoms with van der Waals surface area (Å²) in [7, 11) is -3.51. The normalized spacial score (nSPS) is 11.2. The van der Waals surface area contributed by atoms with Crippen molar-refractivity contribution in [2.75, 3.05) is 10.5 Å². The number of nitrogens with two attached hydrogens (primary N) is 1. The van der Waals surface area contributed by atoms with E-state index in [-0.39, 0.29) is 16.4 Å². The molecule has 0 saturated carbocycles. The van der Waals surface area contributed by atoms with Gasteiger partial charge in [-0.15, -0.1) is 0 Å². The lowest BCUT2D eigenvalue weighted by Crippen LogP contribution is -2.18. The molecule has 3 N–H and O–H groups in total. The minimum Gasteiger partial charge on any atom is -0.389 e. The summed E-state index contributed by atoms with van der Waals surface area (Å²) in [6, 6.07) is 3.90. The first-order valence-electron chi connectivity index (χ1n) is 5.45. The summed E-state index contributed by atoms with van der Waals surface area (Å²) in [4.78, 5) is 0.0642. The highest BCUT2D eigenvalue weighted by Gasteiger charge is 2.13. The van der Waals surface area contributed by atoms with Crippen LogP contribution in [0, 0.1) is 5.82 Å². The molecule has 0 saturated heterocycles. The molecule has 0 radical (unpaired) electrons. The Morgan fingerprint density at radius 1 is 1.50 bits per heavy atom. The van der Waals surface area contributed by atoms with Crippen LogP contribution in [0.4, 0.5) is 10.1 Å². The molecule has 0 atom stereocenters. The molecule has 18 heavy (non-hydrogen) atoms. The predicted molar refractivity (Wildman–Crippen MR) is 74.6 cm³/mol. The Morgan fingerprint density at radius 2 is 2.17 bits per heavy atom. The third-order valence-electron chi connectivity index (χ3n) is 2.29. The third kappa shape index (κ3) is 4.23. The van der Waals surface area contributed by atoms with E-state index in [1.807, 2.05) is 6.92 Å². The van der Waals surface area contributed by atoms with E-state index >= 15 is 0 Å². The van der Waals surface area contributed by atoms with Gasteiger partial charge in [-0.1, -0.05) is 25.6 Å². The van der Waals surface area contributed by atoms with Crippen molar-refractivity contribution in [3.63, 3.8) is 0 Å². The van der Waals surface area contributed by atoms with Crippen LogP contribution in [0.2, 0.25) is 0 Å². The molecule has 0 heterocycles. The first-order valence-corrected chi connectivity index (χ1v) is 7.51. The van der Waals surface area contributed by atoms with Crippen LogP contribution in [0.15, 0.2) is 18.2 Å². The molecule has 1 aromatic rings. The Labute approximate surface area is 111 Å². The van der Waals surface area contributed by atoms with Gasteiger partial charge in [-0.2, -0.15) is 0 Å². The molecule has 0 bridgehead atoms. The van der Waals surface area contributed by atoms with Gasteiger partial charge in [0.15, 0.2) is 0 Å². The van der Waals surface area contributed by atoms with Crippen molar-refractivity contribution in [1.82, 2.24) is 0 Å². The van der Waals surface area contributed by atoms with Gasteiger partial charge < -0.3 is 5.73 Å². The van der Waals surface area contributed by atoms with Gasteiger partial charge in [-0.3, -0.25) is 4.72 Å². The maximum Gasteiger partial charge on any atom is 0.232 e. The molecule has 100 valence electrons. The van der Waals surface area contributed by atoms with Crippen molar-refractivity contribution in [2.24, 2.45) is 5.73 Å². The van der Waals surface area contributed by atoms with E-state index in [1.54, 1.807) is 0 Å². The number of halogens is 1. The smallest absolute Gasteiger partial charge is 0.232 e. The number of thiocarbonyl (C=S) groups is 1. The van der Waals surface area contributed by atoms with Crippen molar-refractivity contribution in [1.29, 1.82) is 0 Å². The van der Waals surface area contributed by atoms with Crippen LogP contribution in [0.3, 0.4) is 0 Å². The lowest BCUT2D eigenvalue weighted by Gasteiger charge is -2.09. The number of benzene rings is 1. The number of rotatable bonds is 6. The van der Waals surface area contributed by atoms with E-state index in [9.17, 15) is 12.8 Å². The molecule has 0 aliphatic rings. The fourth-order valence-electron chi connectivity index (χ4n) is 1.30. The van der Waals surface area contributed by atoms with Crippen molar-refractivity contribution in [3.05, 3.63) is 29.6 Å². The Morgan fingerprint density at radius 3 is 2.67 bits per heavy atom. The van der Waals surface area contributed by atoms with Crippen LogP contribution in [-0.4, -0.2) is 19.2 Å². The molecule has 0 amide bonds. The van der Waals surface area contributed by atoms with E-state index in [4.69, 9.17) is 18.0 Å². The highest BCUT2D eigenvalue weighted by atomic mass is 32.2. The molecule has 0 spiro atoms. The van der Waals surface area contributed by atoms with Gasteiger partial charge in [0.2, 0.25) is 10.0 Å². The Balaban J connectivity index is 2.89. The molecule has 1 aromatic carbocycles. The lowest BCUT2D eigenvalue weighted by atomic mass is 10.2. The van der Waals surface area contributed by atoms with Crippen LogP contribution >= 0.6 is 12.2 Å². The summed E-state index contributed by atoms with van der Waals surface area (Å²) in [6.45, 7) is 1.88. The SMILES string of the molecule is CCCCS(=O)(=O)Nc1ccc(C(N)=S)cc1F. The minimum absolute atomic E-state index is 0.0278. The van der Waals surface area contributed by atoms with Crippen molar-refractivity contribution >= 4 is 32.9 Å². The lowest BCUT2D eigenvalue weighted by molar-refractivity contribution is 0.595. The van der Waals surface area contributed by atoms with Crippen molar-refractivity contribution in [3.8, 4) is 0 Å². The average molecular weight is 290 g/mol. The third-order valence-corrected chi connectivity index (χ3v) is 3.88.